The highest BCUT2D eigenvalue weighted by Crippen LogP contribution is 2.59. The number of benzene rings is 1. The Bertz CT molecular complexity index is 1480. The van der Waals surface area contributed by atoms with Gasteiger partial charge < -0.3 is 21.3 Å². The van der Waals surface area contributed by atoms with Crippen LogP contribution < -0.4 is 11.1 Å². The molecule has 0 spiro atoms. The molecule has 12 heteroatoms. The second kappa shape index (κ2) is 11.3. The van der Waals surface area contributed by atoms with E-state index in [4.69, 9.17) is 5.73 Å². The first kappa shape index (κ1) is 31.6. The fourth-order valence-electron chi connectivity index (χ4n) is 8.51. The molecule has 236 valence electrons. The normalized spacial score (nSPS) is 33.5. The molecule has 44 heavy (non-hydrogen) atoms. The zero-order valence-corrected chi connectivity index (χ0v) is 25.3. The maximum absolute atomic E-state index is 14.4. The first-order valence-electron chi connectivity index (χ1n) is 15.2. The number of nitrogens with one attached hydrogen (secondary N) is 1. The first-order chi connectivity index (χ1) is 20.7. The van der Waals surface area contributed by atoms with Gasteiger partial charge in [0.1, 0.15) is 11.5 Å². The predicted octanol–water partition coefficient (Wildman–Crippen LogP) is 1.15. The Morgan fingerprint density at radius 1 is 1.07 bits per heavy atom. The number of hydrogen-bond acceptors (Lipinski definition) is 10. The van der Waals surface area contributed by atoms with Crippen LogP contribution in [0.15, 0.2) is 12.1 Å². The van der Waals surface area contributed by atoms with Gasteiger partial charge in [-0.05, 0) is 62.4 Å². The number of nitrogens with two attached hydrogens (primary N) is 1. The van der Waals surface area contributed by atoms with E-state index in [0.29, 0.717) is 5.56 Å². The molecule has 1 aromatic carbocycles. The number of carbonyl (C=O) groups excluding carboxylic acids is 7. The van der Waals surface area contributed by atoms with Crippen molar-refractivity contribution in [2.24, 2.45) is 41.2 Å². The smallest absolute Gasteiger partial charge is 0.235 e. The number of carbonyl (C=O) groups is 7. The van der Waals surface area contributed by atoms with Gasteiger partial charge in [0, 0.05) is 30.4 Å². The van der Waals surface area contributed by atoms with Crippen LogP contribution in [0.25, 0.3) is 0 Å². The van der Waals surface area contributed by atoms with Crippen LogP contribution in [0.3, 0.4) is 0 Å². The summed E-state index contributed by atoms with van der Waals surface area (Å²) < 4.78 is 0. The van der Waals surface area contributed by atoms with Crippen LogP contribution in [-0.4, -0.2) is 81.6 Å². The number of nitrogens with zero attached hydrogens (tertiary/aromatic N) is 1. The molecule has 0 heterocycles. The lowest BCUT2D eigenvalue weighted by Gasteiger charge is -2.57. The number of fused-ring (bicyclic) bond motifs is 3. The van der Waals surface area contributed by atoms with Gasteiger partial charge in [0.25, 0.3) is 0 Å². The third kappa shape index (κ3) is 4.52. The Morgan fingerprint density at radius 3 is 2.27 bits per heavy atom. The molecule has 0 aliphatic heterocycles. The summed E-state index contributed by atoms with van der Waals surface area (Å²) in [7, 11) is 2.98. The number of phenolic OH excluding ortho intramolecular Hbond substituents is 1. The van der Waals surface area contributed by atoms with E-state index in [1.807, 2.05) is 0 Å². The molecule has 3 fully saturated rings. The fraction of sp³-hybridized carbons (Fsp3) is 0.594. The van der Waals surface area contributed by atoms with Gasteiger partial charge in [0.15, 0.2) is 34.7 Å². The zero-order valence-electron chi connectivity index (χ0n) is 25.3. The van der Waals surface area contributed by atoms with E-state index >= 15 is 0 Å². The topological polar surface area (TPSA) is 201 Å². The van der Waals surface area contributed by atoms with Crippen molar-refractivity contribution in [1.82, 2.24) is 4.90 Å². The average Bonchev–Trinajstić information content (AvgIpc) is 3.50. The molecule has 0 bridgehead atoms. The Morgan fingerprint density at radius 2 is 1.70 bits per heavy atom. The van der Waals surface area contributed by atoms with Gasteiger partial charge in [0.05, 0.1) is 17.5 Å². The summed E-state index contributed by atoms with van der Waals surface area (Å²) >= 11 is 0. The number of likely N-dealkylation sites (N-methyl/N-ethyl adjacent to an activating group) is 1. The Balaban J connectivity index is 1.72. The molecule has 8 atom stereocenters. The van der Waals surface area contributed by atoms with E-state index in [1.165, 1.54) is 31.1 Å². The molecular weight excluding hydrogens is 570 g/mol. The number of amides is 2. The third-order valence-electron chi connectivity index (χ3n) is 10.5. The maximum atomic E-state index is 14.4. The minimum absolute atomic E-state index is 0.0772. The summed E-state index contributed by atoms with van der Waals surface area (Å²) in [6.45, 7) is 3.33. The van der Waals surface area contributed by atoms with Crippen molar-refractivity contribution in [3.8, 4) is 5.75 Å². The largest absolute Gasteiger partial charge is 0.507 e. The lowest BCUT2D eigenvalue weighted by Crippen LogP contribution is -2.76. The Labute approximate surface area is 254 Å². The van der Waals surface area contributed by atoms with E-state index in [9.17, 15) is 43.8 Å². The van der Waals surface area contributed by atoms with Gasteiger partial charge in [-0.3, -0.25) is 38.5 Å². The lowest BCUT2D eigenvalue weighted by atomic mass is 9.46. The number of anilines is 1. The van der Waals surface area contributed by atoms with Gasteiger partial charge in [-0.15, -0.1) is 0 Å². The number of aliphatic hydroxyl groups is 1. The molecule has 4 aliphatic rings. The van der Waals surface area contributed by atoms with Crippen molar-refractivity contribution in [2.75, 3.05) is 19.4 Å². The van der Waals surface area contributed by atoms with Crippen LogP contribution >= 0.6 is 0 Å². The SMILES string of the molecule is CCC(=O)C[C@H]1[C@H]2C(C(=O)c3c(O)ccc(NC(=O)C4CCCC4)c3[C@@H]2C)C(=O)[C@]2(O)C(=O)C(C(N)=O)C(=O)[C@@H](N(C)C)[C@H]12. The number of ketones is 5. The quantitative estimate of drug-likeness (QED) is 0.257. The minimum atomic E-state index is -2.97. The monoisotopic (exact) mass is 609 g/mol. The van der Waals surface area contributed by atoms with Crippen molar-refractivity contribution in [1.29, 1.82) is 0 Å². The standard InChI is InChI=1S/C32H39N3O9/c1-5-15(36)12-16-19-13(2)20-17(34-31(43)14-8-6-7-9-14)10-11-18(37)21(20)26(38)22(19)28(40)32(44)24(16)25(35(3)4)27(39)23(29(32)41)30(33)42/h10-11,13-14,16,19,22-25,37,44H,5-9,12H2,1-4H3,(H2,33,42)(H,34,43)/t13-,16+,19+,22?,23?,24+,25+,32+/m1/s1. The van der Waals surface area contributed by atoms with Crippen molar-refractivity contribution in [3.05, 3.63) is 23.3 Å². The molecule has 0 saturated heterocycles. The average molecular weight is 610 g/mol. The van der Waals surface area contributed by atoms with Crippen LogP contribution in [-0.2, 0) is 28.8 Å². The third-order valence-corrected chi connectivity index (χ3v) is 10.5. The van der Waals surface area contributed by atoms with Gasteiger partial charge in [-0.2, -0.15) is 0 Å². The van der Waals surface area contributed by atoms with Crippen molar-refractivity contribution < 1.29 is 43.8 Å². The molecule has 0 aromatic heterocycles. The summed E-state index contributed by atoms with van der Waals surface area (Å²) in [4.78, 5) is 96.0. The van der Waals surface area contributed by atoms with Crippen molar-refractivity contribution in [2.45, 2.75) is 69.9 Å². The van der Waals surface area contributed by atoms with E-state index in [1.54, 1.807) is 13.8 Å². The van der Waals surface area contributed by atoms with E-state index in [2.05, 4.69) is 5.32 Å². The van der Waals surface area contributed by atoms with E-state index < -0.39 is 81.9 Å². The van der Waals surface area contributed by atoms with Gasteiger partial charge >= 0.3 is 0 Å². The van der Waals surface area contributed by atoms with Crippen molar-refractivity contribution >= 4 is 46.4 Å². The molecule has 5 N–H and O–H groups in total. The number of Topliss-reactive ketones (excluding diaryl/α,β-unsaturated/α-hetero) is 5. The first-order valence-corrected chi connectivity index (χ1v) is 15.2. The highest BCUT2D eigenvalue weighted by molar-refractivity contribution is 6.32. The maximum Gasteiger partial charge on any atom is 0.235 e. The summed E-state index contributed by atoms with van der Waals surface area (Å²) in [5, 5.41) is 26.0. The Kier molecular flexibility index (Phi) is 8.13. The number of rotatable bonds is 7. The second-order valence-electron chi connectivity index (χ2n) is 13.0. The lowest BCUT2D eigenvalue weighted by molar-refractivity contribution is -0.190. The van der Waals surface area contributed by atoms with Crippen molar-refractivity contribution in [3.63, 3.8) is 0 Å². The minimum Gasteiger partial charge on any atom is -0.507 e. The molecule has 1 aromatic rings. The molecule has 4 aliphatic carbocycles. The summed E-state index contributed by atoms with van der Waals surface area (Å²) in [6.07, 6.45) is 3.10. The van der Waals surface area contributed by atoms with Gasteiger partial charge in [-0.1, -0.05) is 26.7 Å². The summed E-state index contributed by atoms with van der Waals surface area (Å²) in [5.74, 6) is -14.9. The molecule has 2 amide bonds. The van der Waals surface area contributed by atoms with Crippen LogP contribution in [0, 0.1) is 35.5 Å². The van der Waals surface area contributed by atoms with Gasteiger partial charge in [-0.25, -0.2) is 0 Å². The van der Waals surface area contributed by atoms with Crippen LogP contribution in [0.5, 0.6) is 5.75 Å². The Hall–Kier alpha value is -3.77. The molecular formula is C32H39N3O9. The number of phenols is 1. The second-order valence-corrected chi connectivity index (χ2v) is 13.0. The van der Waals surface area contributed by atoms with E-state index in [-0.39, 0.29) is 41.7 Å². The number of primary amides is 1. The fourth-order valence-corrected chi connectivity index (χ4v) is 8.51. The molecule has 3 saturated carbocycles. The summed E-state index contributed by atoms with van der Waals surface area (Å²) in [5.41, 5.74) is 2.82. The number of hydrogen-bond donors (Lipinski definition) is 4. The van der Waals surface area contributed by atoms with E-state index in [0.717, 1.165) is 25.7 Å². The molecule has 12 nitrogen and oxygen atoms in total. The highest BCUT2D eigenvalue weighted by Gasteiger charge is 2.72. The van der Waals surface area contributed by atoms with Gasteiger partial charge in [0.2, 0.25) is 11.8 Å². The highest BCUT2D eigenvalue weighted by atomic mass is 16.3. The molecule has 5 rings (SSSR count). The van der Waals surface area contributed by atoms with Crippen LogP contribution in [0.1, 0.15) is 74.2 Å². The summed E-state index contributed by atoms with van der Waals surface area (Å²) in [6, 6.07) is 1.38. The molecule has 0 radical (unpaired) electrons. The molecule has 2 unspecified atom stereocenters. The van der Waals surface area contributed by atoms with Crippen LogP contribution in [0.4, 0.5) is 5.69 Å². The van der Waals surface area contributed by atoms with Crippen LogP contribution in [0.2, 0.25) is 0 Å². The number of aromatic hydroxyl groups is 1. The predicted molar refractivity (Wildman–Crippen MR) is 155 cm³/mol. The zero-order chi connectivity index (χ0) is 32.4.